The maximum absolute atomic E-state index is 13.0. The van der Waals surface area contributed by atoms with Gasteiger partial charge in [-0.15, -0.1) is 0 Å². The Bertz CT molecular complexity index is 555. The van der Waals surface area contributed by atoms with E-state index in [2.05, 4.69) is 4.90 Å². The van der Waals surface area contributed by atoms with Gasteiger partial charge in [-0.25, -0.2) is 0 Å². The highest BCUT2D eigenvalue weighted by atomic mass is 19.4. The molecule has 1 heterocycles. The lowest BCUT2D eigenvalue weighted by Crippen LogP contribution is -2.50. The van der Waals surface area contributed by atoms with Gasteiger partial charge in [0.15, 0.2) is 0 Å². The van der Waals surface area contributed by atoms with E-state index in [-0.39, 0.29) is 24.0 Å². The van der Waals surface area contributed by atoms with E-state index in [0.29, 0.717) is 39.1 Å². The zero-order chi connectivity index (χ0) is 17.7. The molecule has 1 amide bonds. The number of benzene rings is 1. The number of hydrogen-bond donors (Lipinski definition) is 1. The van der Waals surface area contributed by atoms with Gasteiger partial charge in [0, 0.05) is 32.7 Å². The first-order chi connectivity index (χ1) is 11.3. The molecular weight excluding hydrogens is 321 g/mol. The van der Waals surface area contributed by atoms with E-state index in [1.54, 1.807) is 4.90 Å². The van der Waals surface area contributed by atoms with Crippen molar-refractivity contribution in [1.82, 2.24) is 9.80 Å². The number of aliphatic hydroxyl groups excluding tert-OH is 1. The molecule has 1 aromatic carbocycles. The van der Waals surface area contributed by atoms with E-state index >= 15 is 0 Å². The standard InChI is InChI=1S/C17H23F3N2O2/c1-2-14(23)12-21-7-9-22(10-8-21)16(24)11-13-5-3-4-6-15(13)17(18,19)20/h3-6,14,23H,2,7-12H2,1H3. The van der Waals surface area contributed by atoms with Crippen LogP contribution in [0.5, 0.6) is 0 Å². The molecule has 1 unspecified atom stereocenters. The van der Waals surface area contributed by atoms with Crippen LogP contribution in [0.2, 0.25) is 0 Å². The summed E-state index contributed by atoms with van der Waals surface area (Å²) in [6.07, 6.45) is -4.40. The van der Waals surface area contributed by atoms with Crippen LogP contribution in [0.1, 0.15) is 24.5 Å². The smallest absolute Gasteiger partial charge is 0.392 e. The third kappa shape index (κ3) is 4.95. The molecule has 0 aromatic heterocycles. The van der Waals surface area contributed by atoms with Crippen LogP contribution in [-0.4, -0.2) is 59.6 Å². The summed E-state index contributed by atoms with van der Waals surface area (Å²) in [6, 6.07) is 5.21. The van der Waals surface area contributed by atoms with Crippen molar-refractivity contribution >= 4 is 5.91 Å². The highest BCUT2D eigenvalue weighted by Gasteiger charge is 2.34. The number of hydrogen-bond acceptors (Lipinski definition) is 3. The van der Waals surface area contributed by atoms with Crippen molar-refractivity contribution in [2.24, 2.45) is 0 Å². The minimum Gasteiger partial charge on any atom is -0.392 e. The summed E-state index contributed by atoms with van der Waals surface area (Å²) in [6.45, 7) is 4.68. The molecule has 0 aliphatic carbocycles. The van der Waals surface area contributed by atoms with Gasteiger partial charge in [0.2, 0.25) is 5.91 Å². The number of nitrogens with zero attached hydrogens (tertiary/aromatic N) is 2. The third-order valence-corrected chi connectivity index (χ3v) is 4.33. The van der Waals surface area contributed by atoms with E-state index in [0.717, 1.165) is 6.07 Å². The lowest BCUT2D eigenvalue weighted by Gasteiger charge is -2.35. The minimum absolute atomic E-state index is 0.0128. The van der Waals surface area contributed by atoms with Gasteiger partial charge in [0.25, 0.3) is 0 Å². The molecule has 134 valence electrons. The summed E-state index contributed by atoms with van der Waals surface area (Å²) in [5.74, 6) is -0.289. The first kappa shape index (κ1) is 18.7. The Kier molecular flexibility index (Phi) is 6.23. The van der Waals surface area contributed by atoms with Crippen LogP contribution in [0.3, 0.4) is 0 Å². The predicted octanol–water partition coefficient (Wildman–Crippen LogP) is 2.16. The van der Waals surface area contributed by atoms with E-state index in [4.69, 9.17) is 0 Å². The first-order valence-electron chi connectivity index (χ1n) is 8.14. The van der Waals surface area contributed by atoms with Crippen molar-refractivity contribution in [3.8, 4) is 0 Å². The highest BCUT2D eigenvalue weighted by molar-refractivity contribution is 5.79. The van der Waals surface area contributed by atoms with Crippen LogP contribution in [-0.2, 0) is 17.4 Å². The molecule has 1 aliphatic rings. The van der Waals surface area contributed by atoms with E-state index in [1.165, 1.54) is 18.2 Å². The maximum Gasteiger partial charge on any atom is 0.416 e. The number of halogens is 3. The van der Waals surface area contributed by atoms with Crippen LogP contribution < -0.4 is 0 Å². The molecule has 7 heteroatoms. The Morgan fingerprint density at radius 2 is 1.83 bits per heavy atom. The number of amides is 1. The molecule has 2 rings (SSSR count). The maximum atomic E-state index is 13.0. The van der Waals surface area contributed by atoms with Crippen LogP contribution >= 0.6 is 0 Å². The number of β-amino-alcohol motifs (C(OH)–C–C–N with tert-alkyl or cyclic N) is 1. The van der Waals surface area contributed by atoms with Crippen LogP contribution in [0.4, 0.5) is 13.2 Å². The summed E-state index contributed by atoms with van der Waals surface area (Å²) in [5.41, 5.74) is -0.734. The first-order valence-corrected chi connectivity index (χ1v) is 8.14. The number of aliphatic hydroxyl groups is 1. The van der Waals surface area contributed by atoms with Crippen LogP contribution in [0, 0.1) is 0 Å². The van der Waals surface area contributed by atoms with Gasteiger partial charge in [0.05, 0.1) is 18.1 Å². The Labute approximate surface area is 139 Å². The molecule has 1 aliphatic heterocycles. The molecule has 0 saturated carbocycles. The second kappa shape index (κ2) is 7.98. The largest absolute Gasteiger partial charge is 0.416 e. The lowest BCUT2D eigenvalue weighted by atomic mass is 10.0. The highest BCUT2D eigenvalue weighted by Crippen LogP contribution is 2.32. The Balaban J connectivity index is 1.93. The average Bonchev–Trinajstić information content (AvgIpc) is 2.55. The second-order valence-corrected chi connectivity index (χ2v) is 6.08. The van der Waals surface area contributed by atoms with Gasteiger partial charge in [-0.2, -0.15) is 13.2 Å². The quantitative estimate of drug-likeness (QED) is 0.890. The van der Waals surface area contributed by atoms with Gasteiger partial charge >= 0.3 is 6.18 Å². The van der Waals surface area contributed by atoms with E-state index in [1.807, 2.05) is 6.92 Å². The van der Waals surface area contributed by atoms with Crippen molar-refractivity contribution < 1.29 is 23.1 Å². The monoisotopic (exact) mass is 344 g/mol. The molecule has 1 N–H and O–H groups in total. The number of carbonyl (C=O) groups is 1. The van der Waals surface area contributed by atoms with E-state index in [9.17, 15) is 23.1 Å². The fourth-order valence-corrected chi connectivity index (χ4v) is 2.83. The number of alkyl halides is 3. The van der Waals surface area contributed by atoms with Crippen molar-refractivity contribution in [3.05, 3.63) is 35.4 Å². The average molecular weight is 344 g/mol. The van der Waals surface area contributed by atoms with Gasteiger partial charge in [-0.3, -0.25) is 9.69 Å². The lowest BCUT2D eigenvalue weighted by molar-refractivity contribution is -0.138. The molecule has 1 aromatic rings. The molecular formula is C17H23F3N2O2. The molecule has 0 bridgehead atoms. The Hall–Kier alpha value is -1.60. The summed E-state index contributed by atoms with van der Waals surface area (Å²) >= 11 is 0. The van der Waals surface area contributed by atoms with Gasteiger partial charge in [0.1, 0.15) is 0 Å². The van der Waals surface area contributed by atoms with E-state index < -0.39 is 11.7 Å². The number of rotatable bonds is 5. The Morgan fingerprint density at radius 3 is 2.42 bits per heavy atom. The number of carbonyl (C=O) groups excluding carboxylic acids is 1. The Morgan fingerprint density at radius 1 is 1.21 bits per heavy atom. The van der Waals surface area contributed by atoms with Gasteiger partial charge in [-0.1, -0.05) is 25.1 Å². The molecule has 0 spiro atoms. The molecule has 24 heavy (non-hydrogen) atoms. The SMILES string of the molecule is CCC(O)CN1CCN(C(=O)Cc2ccccc2C(F)(F)F)CC1. The van der Waals surface area contributed by atoms with Crippen molar-refractivity contribution in [3.63, 3.8) is 0 Å². The van der Waals surface area contributed by atoms with Crippen LogP contribution in [0.15, 0.2) is 24.3 Å². The fraction of sp³-hybridized carbons (Fsp3) is 0.588. The van der Waals surface area contributed by atoms with Crippen molar-refractivity contribution in [2.75, 3.05) is 32.7 Å². The summed E-state index contributed by atoms with van der Waals surface area (Å²) in [7, 11) is 0. The molecule has 1 saturated heterocycles. The zero-order valence-electron chi connectivity index (χ0n) is 13.7. The van der Waals surface area contributed by atoms with Crippen molar-refractivity contribution in [1.29, 1.82) is 0 Å². The van der Waals surface area contributed by atoms with Crippen LogP contribution in [0.25, 0.3) is 0 Å². The zero-order valence-corrected chi connectivity index (χ0v) is 13.7. The summed E-state index contributed by atoms with van der Waals surface area (Å²) in [4.78, 5) is 16.0. The van der Waals surface area contributed by atoms with Gasteiger partial charge in [-0.05, 0) is 18.1 Å². The predicted molar refractivity (Wildman–Crippen MR) is 84.5 cm³/mol. The fourth-order valence-electron chi connectivity index (χ4n) is 2.83. The molecule has 1 atom stereocenters. The summed E-state index contributed by atoms with van der Waals surface area (Å²) < 4.78 is 39.0. The molecule has 1 fully saturated rings. The summed E-state index contributed by atoms with van der Waals surface area (Å²) in [5, 5.41) is 9.66. The molecule has 0 radical (unpaired) electrons. The minimum atomic E-state index is -4.45. The number of piperazine rings is 1. The topological polar surface area (TPSA) is 43.8 Å². The molecule has 4 nitrogen and oxygen atoms in total. The second-order valence-electron chi connectivity index (χ2n) is 6.08. The third-order valence-electron chi connectivity index (χ3n) is 4.33. The van der Waals surface area contributed by atoms with Crippen molar-refractivity contribution in [2.45, 2.75) is 32.0 Å². The normalized spacial score (nSPS) is 17.8. The van der Waals surface area contributed by atoms with Gasteiger partial charge < -0.3 is 10.0 Å².